The zero-order valence-electron chi connectivity index (χ0n) is 9.24. The Morgan fingerprint density at radius 3 is 2.50 bits per heavy atom. The maximum absolute atomic E-state index is 5.92. The van der Waals surface area contributed by atoms with E-state index >= 15 is 0 Å². The number of nitrogens with zero attached hydrogens (tertiary/aromatic N) is 2. The van der Waals surface area contributed by atoms with Crippen molar-refractivity contribution in [3.63, 3.8) is 0 Å². The number of rotatable bonds is 2. The molecule has 2 aromatic rings. The minimum atomic E-state index is 0.391. The van der Waals surface area contributed by atoms with Crippen LogP contribution in [0.1, 0.15) is 5.69 Å². The van der Waals surface area contributed by atoms with Gasteiger partial charge in [-0.05, 0) is 6.92 Å². The van der Waals surface area contributed by atoms with Gasteiger partial charge in [-0.1, -0.05) is 11.6 Å². The number of halogens is 1. The lowest BCUT2D eigenvalue weighted by molar-refractivity contribution is 0.397. The fourth-order valence-corrected chi connectivity index (χ4v) is 1.57. The molecule has 1 aromatic heterocycles. The summed E-state index contributed by atoms with van der Waals surface area (Å²) in [4.78, 5) is 8.58. The van der Waals surface area contributed by atoms with Gasteiger partial charge in [-0.3, -0.25) is 0 Å². The van der Waals surface area contributed by atoms with Crippen LogP contribution < -0.4 is 9.47 Å². The number of ether oxygens (including phenoxy) is 2. The van der Waals surface area contributed by atoms with E-state index in [4.69, 9.17) is 21.1 Å². The molecular weight excluding hydrogens is 228 g/mol. The summed E-state index contributed by atoms with van der Waals surface area (Å²) in [5.41, 5.74) is 2.02. The molecule has 5 heteroatoms. The van der Waals surface area contributed by atoms with E-state index in [2.05, 4.69) is 9.97 Å². The van der Waals surface area contributed by atoms with Crippen LogP contribution in [-0.4, -0.2) is 24.2 Å². The third kappa shape index (κ3) is 1.76. The first-order chi connectivity index (χ1) is 7.65. The van der Waals surface area contributed by atoms with Crippen LogP contribution in [0.2, 0.25) is 5.15 Å². The molecule has 84 valence electrons. The zero-order valence-corrected chi connectivity index (χ0v) is 10.00. The molecule has 0 aliphatic heterocycles. The fraction of sp³-hybridized carbons (Fsp3) is 0.273. The molecule has 0 fully saturated rings. The van der Waals surface area contributed by atoms with Crippen molar-refractivity contribution in [3.05, 3.63) is 23.0 Å². The van der Waals surface area contributed by atoms with Crippen LogP contribution in [-0.2, 0) is 0 Å². The van der Waals surface area contributed by atoms with Crippen LogP contribution in [0.15, 0.2) is 12.1 Å². The van der Waals surface area contributed by atoms with Crippen LogP contribution in [0.4, 0.5) is 0 Å². The van der Waals surface area contributed by atoms with Crippen LogP contribution in [0.5, 0.6) is 11.5 Å². The second kappa shape index (κ2) is 4.14. The predicted octanol–water partition coefficient (Wildman–Crippen LogP) is 2.61. The summed E-state index contributed by atoms with van der Waals surface area (Å²) in [5, 5.41) is 0.391. The topological polar surface area (TPSA) is 44.2 Å². The Morgan fingerprint density at radius 2 is 1.88 bits per heavy atom. The standard InChI is InChI=1S/C11H11ClN2O2/c1-6-11(12)14-8-4-7(15-2)5-9(16-3)10(8)13-6/h4-5H,1-3H3. The second-order valence-electron chi connectivity index (χ2n) is 3.30. The Morgan fingerprint density at radius 1 is 1.12 bits per heavy atom. The van der Waals surface area contributed by atoms with E-state index in [0.29, 0.717) is 33.4 Å². The van der Waals surface area contributed by atoms with Gasteiger partial charge in [-0.15, -0.1) is 0 Å². The molecule has 16 heavy (non-hydrogen) atoms. The average molecular weight is 239 g/mol. The number of methoxy groups -OCH3 is 2. The van der Waals surface area contributed by atoms with E-state index in [1.807, 2.05) is 0 Å². The van der Waals surface area contributed by atoms with Crippen LogP contribution in [0.25, 0.3) is 11.0 Å². The van der Waals surface area contributed by atoms with Crippen molar-refractivity contribution >= 4 is 22.6 Å². The normalized spacial score (nSPS) is 10.5. The molecule has 0 saturated carbocycles. The molecule has 0 N–H and O–H groups in total. The van der Waals surface area contributed by atoms with Gasteiger partial charge < -0.3 is 9.47 Å². The smallest absolute Gasteiger partial charge is 0.150 e. The van der Waals surface area contributed by atoms with Gasteiger partial charge in [0.15, 0.2) is 5.15 Å². The molecule has 0 amide bonds. The number of fused-ring (bicyclic) bond motifs is 1. The third-order valence-electron chi connectivity index (χ3n) is 2.28. The summed E-state index contributed by atoms with van der Waals surface area (Å²) in [5.74, 6) is 1.29. The lowest BCUT2D eigenvalue weighted by Gasteiger charge is -2.08. The first-order valence-corrected chi connectivity index (χ1v) is 5.09. The van der Waals surface area contributed by atoms with Crippen molar-refractivity contribution in [2.45, 2.75) is 6.92 Å². The van der Waals surface area contributed by atoms with Crippen LogP contribution >= 0.6 is 11.6 Å². The summed E-state index contributed by atoms with van der Waals surface area (Å²) in [6.07, 6.45) is 0. The quantitative estimate of drug-likeness (QED) is 0.807. The van der Waals surface area contributed by atoms with Gasteiger partial charge in [-0.2, -0.15) is 0 Å². The highest BCUT2D eigenvalue weighted by atomic mass is 35.5. The van der Waals surface area contributed by atoms with Crippen molar-refractivity contribution in [1.82, 2.24) is 9.97 Å². The maximum Gasteiger partial charge on any atom is 0.150 e. The van der Waals surface area contributed by atoms with E-state index in [0.717, 1.165) is 0 Å². The Hall–Kier alpha value is -1.55. The highest BCUT2D eigenvalue weighted by Crippen LogP contribution is 2.30. The predicted molar refractivity (Wildman–Crippen MR) is 62.4 cm³/mol. The minimum Gasteiger partial charge on any atom is -0.497 e. The Bertz CT molecular complexity index is 543. The van der Waals surface area contributed by atoms with Gasteiger partial charge in [-0.25, -0.2) is 9.97 Å². The number of aryl methyl sites for hydroxylation is 1. The van der Waals surface area contributed by atoms with E-state index < -0.39 is 0 Å². The number of aromatic nitrogens is 2. The molecule has 4 nitrogen and oxygen atoms in total. The van der Waals surface area contributed by atoms with E-state index in [1.54, 1.807) is 33.3 Å². The number of benzene rings is 1. The first kappa shape index (κ1) is 11.0. The van der Waals surface area contributed by atoms with Crippen LogP contribution in [0, 0.1) is 6.92 Å². The largest absolute Gasteiger partial charge is 0.497 e. The van der Waals surface area contributed by atoms with Gasteiger partial charge in [0.25, 0.3) is 0 Å². The van der Waals surface area contributed by atoms with E-state index in [-0.39, 0.29) is 0 Å². The average Bonchev–Trinajstić information content (AvgIpc) is 2.29. The summed E-state index contributed by atoms with van der Waals surface area (Å²) in [6.45, 7) is 1.80. The van der Waals surface area contributed by atoms with Gasteiger partial charge in [0.05, 0.1) is 25.4 Å². The van der Waals surface area contributed by atoms with Gasteiger partial charge in [0.1, 0.15) is 17.0 Å². The lowest BCUT2D eigenvalue weighted by atomic mass is 10.2. The first-order valence-electron chi connectivity index (χ1n) is 4.71. The SMILES string of the molecule is COc1cc(OC)c2nc(C)c(Cl)nc2c1. The molecule has 0 radical (unpaired) electrons. The summed E-state index contributed by atoms with van der Waals surface area (Å²) < 4.78 is 10.4. The Balaban J connectivity index is 2.79. The van der Waals surface area contributed by atoms with Gasteiger partial charge >= 0.3 is 0 Å². The van der Waals surface area contributed by atoms with E-state index in [1.165, 1.54) is 0 Å². The van der Waals surface area contributed by atoms with Crippen molar-refractivity contribution in [1.29, 1.82) is 0 Å². The minimum absolute atomic E-state index is 0.391. The van der Waals surface area contributed by atoms with Crippen molar-refractivity contribution in [3.8, 4) is 11.5 Å². The molecule has 1 aromatic carbocycles. The third-order valence-corrected chi connectivity index (χ3v) is 2.64. The summed E-state index contributed by atoms with van der Waals surface area (Å²) in [7, 11) is 3.17. The molecule has 0 spiro atoms. The zero-order chi connectivity index (χ0) is 11.7. The highest BCUT2D eigenvalue weighted by Gasteiger charge is 2.10. The summed E-state index contributed by atoms with van der Waals surface area (Å²) in [6, 6.07) is 3.54. The van der Waals surface area contributed by atoms with E-state index in [9.17, 15) is 0 Å². The molecule has 0 aliphatic carbocycles. The Kier molecular flexibility index (Phi) is 2.83. The fourth-order valence-electron chi connectivity index (χ4n) is 1.44. The highest BCUT2D eigenvalue weighted by molar-refractivity contribution is 6.30. The van der Waals surface area contributed by atoms with Gasteiger partial charge in [0, 0.05) is 12.1 Å². The number of hydrogen-bond acceptors (Lipinski definition) is 4. The Labute approximate surface area is 98.2 Å². The van der Waals surface area contributed by atoms with Crippen molar-refractivity contribution in [2.75, 3.05) is 14.2 Å². The lowest BCUT2D eigenvalue weighted by Crippen LogP contribution is -1.95. The monoisotopic (exact) mass is 238 g/mol. The molecule has 1 heterocycles. The van der Waals surface area contributed by atoms with Gasteiger partial charge in [0.2, 0.25) is 0 Å². The molecule has 0 atom stereocenters. The summed E-state index contributed by atoms with van der Waals surface area (Å²) >= 11 is 5.92. The maximum atomic E-state index is 5.92. The molecule has 0 bridgehead atoms. The molecular formula is C11H11ClN2O2. The molecule has 0 aliphatic rings. The second-order valence-corrected chi connectivity index (χ2v) is 3.66. The molecule has 0 saturated heterocycles. The van der Waals surface area contributed by atoms with Crippen molar-refractivity contribution < 1.29 is 9.47 Å². The van der Waals surface area contributed by atoms with Crippen LogP contribution in [0.3, 0.4) is 0 Å². The van der Waals surface area contributed by atoms with Crippen molar-refractivity contribution in [2.24, 2.45) is 0 Å². The number of hydrogen-bond donors (Lipinski definition) is 0. The molecule has 0 unspecified atom stereocenters. The molecule has 2 rings (SSSR count).